The lowest BCUT2D eigenvalue weighted by molar-refractivity contribution is -0.137. The molecule has 1 aromatic carbocycles. The van der Waals surface area contributed by atoms with E-state index < -0.39 is 6.04 Å². The summed E-state index contributed by atoms with van der Waals surface area (Å²) in [4.78, 5) is 47.9. The molecular weight excluding hydrogens is 572 g/mol. The van der Waals surface area contributed by atoms with E-state index in [1.54, 1.807) is 54.5 Å². The average Bonchev–Trinajstić information content (AvgIpc) is 3.06. The molecule has 1 saturated carbocycles. The van der Waals surface area contributed by atoms with Gasteiger partial charge < -0.3 is 29.7 Å². The SMILES string of the molecule is C[C@H](CO)N1C[C@H](C)[C@@H](CN(C)C(=O)C2CCCCC2)OCCCC[C@H](C)Oc2ccc(NC(=O)c3ccncc3)cc2C1=O. The minimum atomic E-state index is -0.490. The quantitative estimate of drug-likeness (QED) is 0.437. The molecule has 4 rings (SSSR count). The van der Waals surface area contributed by atoms with Gasteiger partial charge in [0.05, 0.1) is 30.4 Å². The Balaban J connectivity index is 1.61. The highest BCUT2D eigenvalue weighted by molar-refractivity contribution is 6.05. The number of hydrogen-bond acceptors (Lipinski definition) is 7. The first-order valence-corrected chi connectivity index (χ1v) is 16.5. The predicted octanol–water partition coefficient (Wildman–Crippen LogP) is 5.17. The van der Waals surface area contributed by atoms with Gasteiger partial charge in [0.2, 0.25) is 5.91 Å². The fraction of sp³-hybridized carbons (Fsp3) is 0.600. The molecule has 0 unspecified atom stereocenters. The van der Waals surface area contributed by atoms with Crippen LogP contribution in [-0.2, 0) is 9.53 Å². The van der Waals surface area contributed by atoms with Crippen molar-refractivity contribution in [1.82, 2.24) is 14.8 Å². The van der Waals surface area contributed by atoms with E-state index in [9.17, 15) is 19.5 Å². The highest BCUT2D eigenvalue weighted by Crippen LogP contribution is 2.29. The highest BCUT2D eigenvalue weighted by atomic mass is 16.5. The number of nitrogens with zero attached hydrogens (tertiary/aromatic N) is 3. The lowest BCUT2D eigenvalue weighted by Gasteiger charge is -2.36. The third kappa shape index (κ3) is 9.50. The number of pyridine rings is 1. The van der Waals surface area contributed by atoms with Crippen molar-refractivity contribution in [3.05, 3.63) is 53.9 Å². The van der Waals surface area contributed by atoms with Crippen LogP contribution < -0.4 is 10.1 Å². The molecule has 246 valence electrons. The monoisotopic (exact) mass is 622 g/mol. The Morgan fingerprint density at radius 2 is 1.78 bits per heavy atom. The van der Waals surface area contributed by atoms with Crippen LogP contribution in [0.4, 0.5) is 5.69 Å². The van der Waals surface area contributed by atoms with E-state index in [4.69, 9.17) is 9.47 Å². The van der Waals surface area contributed by atoms with Crippen molar-refractivity contribution in [3.63, 3.8) is 0 Å². The smallest absolute Gasteiger partial charge is 0.258 e. The maximum atomic E-state index is 14.3. The highest BCUT2D eigenvalue weighted by Gasteiger charge is 2.32. The lowest BCUT2D eigenvalue weighted by Crippen LogP contribution is -2.48. The van der Waals surface area contributed by atoms with Gasteiger partial charge in [-0.1, -0.05) is 26.2 Å². The third-order valence-corrected chi connectivity index (χ3v) is 9.04. The molecule has 0 saturated heterocycles. The summed E-state index contributed by atoms with van der Waals surface area (Å²) in [7, 11) is 1.86. The number of aliphatic hydroxyl groups excluding tert-OH is 1. The molecule has 1 fully saturated rings. The van der Waals surface area contributed by atoms with E-state index in [1.807, 2.05) is 25.8 Å². The number of aliphatic hydroxyl groups is 1. The number of hydrogen-bond donors (Lipinski definition) is 2. The van der Waals surface area contributed by atoms with Crippen molar-refractivity contribution in [2.45, 2.75) is 90.4 Å². The molecule has 1 aliphatic carbocycles. The Morgan fingerprint density at radius 3 is 2.49 bits per heavy atom. The number of ether oxygens (including phenoxy) is 2. The van der Waals surface area contributed by atoms with Gasteiger partial charge in [-0.2, -0.15) is 0 Å². The molecule has 0 radical (unpaired) electrons. The summed E-state index contributed by atoms with van der Waals surface area (Å²) in [5.74, 6) is -0.0987. The van der Waals surface area contributed by atoms with Crippen molar-refractivity contribution < 1.29 is 29.0 Å². The summed E-state index contributed by atoms with van der Waals surface area (Å²) < 4.78 is 12.7. The van der Waals surface area contributed by atoms with E-state index in [0.29, 0.717) is 42.3 Å². The van der Waals surface area contributed by atoms with Crippen molar-refractivity contribution in [2.24, 2.45) is 11.8 Å². The fourth-order valence-electron chi connectivity index (χ4n) is 6.19. The maximum Gasteiger partial charge on any atom is 0.258 e. The Labute approximate surface area is 267 Å². The molecule has 2 aromatic rings. The molecule has 4 atom stereocenters. The van der Waals surface area contributed by atoms with Crippen LogP contribution in [0.1, 0.15) is 92.9 Å². The van der Waals surface area contributed by atoms with Gasteiger partial charge in [-0.05, 0) is 76.3 Å². The molecule has 45 heavy (non-hydrogen) atoms. The van der Waals surface area contributed by atoms with Crippen LogP contribution in [0.5, 0.6) is 5.75 Å². The van der Waals surface area contributed by atoms with Gasteiger partial charge in [-0.3, -0.25) is 19.4 Å². The lowest BCUT2D eigenvalue weighted by atomic mass is 9.88. The predicted molar refractivity (Wildman–Crippen MR) is 173 cm³/mol. The first kappa shape index (κ1) is 34.4. The van der Waals surface area contributed by atoms with E-state index in [-0.39, 0.29) is 48.4 Å². The second kappa shape index (κ2) is 16.7. The van der Waals surface area contributed by atoms with Crippen LogP contribution in [0, 0.1) is 11.8 Å². The summed E-state index contributed by atoms with van der Waals surface area (Å²) in [5, 5.41) is 13.1. The molecule has 3 amide bonds. The van der Waals surface area contributed by atoms with Crippen LogP contribution in [0.3, 0.4) is 0 Å². The van der Waals surface area contributed by atoms with Crippen molar-refractivity contribution in [2.75, 3.05) is 38.7 Å². The summed E-state index contributed by atoms with van der Waals surface area (Å²) in [6, 6.07) is 7.84. The van der Waals surface area contributed by atoms with E-state index >= 15 is 0 Å². The normalized spacial score (nSPS) is 22.8. The Morgan fingerprint density at radius 1 is 1.07 bits per heavy atom. The topological polar surface area (TPSA) is 121 Å². The molecule has 10 heteroatoms. The molecule has 1 aromatic heterocycles. The maximum absolute atomic E-state index is 14.3. The Bertz CT molecular complexity index is 1270. The molecule has 2 aliphatic rings. The molecule has 2 heterocycles. The summed E-state index contributed by atoms with van der Waals surface area (Å²) in [5.41, 5.74) is 1.21. The number of carbonyl (C=O) groups is 3. The minimum absolute atomic E-state index is 0.0660. The van der Waals surface area contributed by atoms with Crippen LogP contribution in [0.25, 0.3) is 0 Å². The average molecular weight is 623 g/mol. The Kier molecular flexibility index (Phi) is 12.8. The minimum Gasteiger partial charge on any atom is -0.490 e. The fourth-order valence-corrected chi connectivity index (χ4v) is 6.19. The van der Waals surface area contributed by atoms with Crippen molar-refractivity contribution in [3.8, 4) is 5.75 Å². The first-order chi connectivity index (χ1) is 21.7. The third-order valence-electron chi connectivity index (χ3n) is 9.04. The van der Waals surface area contributed by atoms with E-state index in [0.717, 1.165) is 44.9 Å². The number of rotatable bonds is 7. The van der Waals surface area contributed by atoms with Crippen molar-refractivity contribution in [1.29, 1.82) is 0 Å². The summed E-state index contributed by atoms with van der Waals surface area (Å²) in [6.45, 7) is 6.88. The number of amides is 3. The van der Waals surface area contributed by atoms with Gasteiger partial charge in [0.15, 0.2) is 0 Å². The zero-order chi connectivity index (χ0) is 32.3. The number of benzene rings is 1. The first-order valence-electron chi connectivity index (χ1n) is 16.5. The molecule has 0 spiro atoms. The zero-order valence-electron chi connectivity index (χ0n) is 27.2. The number of fused-ring (bicyclic) bond motifs is 1. The van der Waals surface area contributed by atoms with Gasteiger partial charge in [0, 0.05) is 62.2 Å². The molecule has 2 N–H and O–H groups in total. The molecule has 0 bridgehead atoms. The molecule has 1 aliphatic heterocycles. The standard InChI is InChI=1S/C35H50N4O6/c1-24-21-39(25(2)23-40)35(43)30-20-29(37-33(41)27-15-17-36-18-16-27)13-14-31(30)45-26(3)10-8-9-19-44-32(24)22-38(4)34(42)28-11-6-5-7-12-28/h13-18,20,24-26,28,32,40H,5-12,19,21-23H2,1-4H3,(H,37,41)/t24-,25+,26-,32+/m0/s1. The van der Waals surface area contributed by atoms with Gasteiger partial charge in [0.1, 0.15) is 5.75 Å². The number of aromatic nitrogens is 1. The summed E-state index contributed by atoms with van der Waals surface area (Å²) in [6.07, 6.45) is 10.4. The van der Waals surface area contributed by atoms with Gasteiger partial charge in [0.25, 0.3) is 11.8 Å². The van der Waals surface area contributed by atoms with E-state index in [2.05, 4.69) is 10.3 Å². The van der Waals surface area contributed by atoms with Crippen LogP contribution in [0.15, 0.2) is 42.7 Å². The van der Waals surface area contributed by atoms with Crippen molar-refractivity contribution >= 4 is 23.4 Å². The second-order valence-electron chi connectivity index (χ2n) is 12.8. The van der Waals surface area contributed by atoms with Gasteiger partial charge >= 0.3 is 0 Å². The van der Waals surface area contributed by atoms with Crippen LogP contribution in [0.2, 0.25) is 0 Å². The largest absolute Gasteiger partial charge is 0.490 e. The number of carbonyl (C=O) groups excluding carboxylic acids is 3. The van der Waals surface area contributed by atoms with E-state index in [1.165, 1.54) is 6.42 Å². The molecular formula is C35H50N4O6. The number of likely N-dealkylation sites (N-methyl/N-ethyl adjacent to an activating group) is 1. The molecule has 10 nitrogen and oxygen atoms in total. The van der Waals surface area contributed by atoms with Gasteiger partial charge in [-0.25, -0.2) is 0 Å². The van der Waals surface area contributed by atoms with Crippen LogP contribution >= 0.6 is 0 Å². The number of anilines is 1. The zero-order valence-corrected chi connectivity index (χ0v) is 27.2. The Hall–Kier alpha value is -3.50. The van der Waals surface area contributed by atoms with Gasteiger partial charge in [-0.15, -0.1) is 0 Å². The second-order valence-corrected chi connectivity index (χ2v) is 12.8. The van der Waals surface area contributed by atoms with Crippen LogP contribution in [-0.4, -0.2) is 89.2 Å². The summed E-state index contributed by atoms with van der Waals surface area (Å²) >= 11 is 0. The number of nitrogens with one attached hydrogen (secondary N) is 1.